The SMILES string of the molecule is O=C(NCc1ccncc1)c1nn(-c2ccccn2)c2c1CS(=O)(=O)CC2. The summed E-state index contributed by atoms with van der Waals surface area (Å²) < 4.78 is 25.8. The van der Waals surface area contributed by atoms with Gasteiger partial charge in [-0.2, -0.15) is 5.10 Å². The lowest BCUT2D eigenvalue weighted by molar-refractivity contribution is 0.0945. The Kier molecular flexibility index (Phi) is 4.44. The molecule has 27 heavy (non-hydrogen) atoms. The smallest absolute Gasteiger partial charge is 0.272 e. The zero-order valence-electron chi connectivity index (χ0n) is 14.4. The fourth-order valence-corrected chi connectivity index (χ4v) is 4.45. The number of nitrogens with one attached hydrogen (secondary N) is 1. The first-order chi connectivity index (χ1) is 13.0. The van der Waals surface area contributed by atoms with Gasteiger partial charge >= 0.3 is 0 Å². The van der Waals surface area contributed by atoms with Crippen molar-refractivity contribution in [2.24, 2.45) is 0 Å². The van der Waals surface area contributed by atoms with E-state index in [4.69, 9.17) is 0 Å². The second-order valence-corrected chi connectivity index (χ2v) is 8.44. The van der Waals surface area contributed by atoms with Gasteiger partial charge in [0.25, 0.3) is 5.91 Å². The number of aromatic nitrogens is 4. The lowest BCUT2D eigenvalue weighted by atomic mass is 10.1. The third-order valence-electron chi connectivity index (χ3n) is 4.39. The van der Waals surface area contributed by atoms with Crippen LogP contribution in [0.2, 0.25) is 0 Å². The second kappa shape index (κ2) is 6.92. The lowest BCUT2D eigenvalue weighted by Crippen LogP contribution is -2.26. The summed E-state index contributed by atoms with van der Waals surface area (Å²) in [5.41, 5.74) is 2.20. The van der Waals surface area contributed by atoms with Crippen LogP contribution in [0.1, 0.15) is 27.3 Å². The summed E-state index contributed by atoms with van der Waals surface area (Å²) in [7, 11) is -3.25. The summed E-state index contributed by atoms with van der Waals surface area (Å²) in [5, 5.41) is 7.20. The van der Waals surface area contributed by atoms with E-state index >= 15 is 0 Å². The molecule has 0 aliphatic carbocycles. The normalized spacial score (nSPS) is 15.1. The molecule has 4 rings (SSSR count). The first kappa shape index (κ1) is 17.3. The summed E-state index contributed by atoms with van der Waals surface area (Å²) in [5.74, 6) is 0.000114. The van der Waals surface area contributed by atoms with E-state index in [0.29, 0.717) is 24.3 Å². The molecule has 1 aliphatic heterocycles. The van der Waals surface area contributed by atoms with Gasteiger partial charge in [-0.15, -0.1) is 0 Å². The van der Waals surface area contributed by atoms with Crippen molar-refractivity contribution in [3.05, 3.63) is 71.4 Å². The molecule has 1 aliphatic rings. The number of carbonyl (C=O) groups excluding carboxylic acids is 1. The van der Waals surface area contributed by atoms with Crippen molar-refractivity contribution in [1.29, 1.82) is 0 Å². The Morgan fingerprint density at radius 3 is 2.70 bits per heavy atom. The number of nitrogens with zero attached hydrogens (tertiary/aromatic N) is 4. The summed E-state index contributed by atoms with van der Waals surface area (Å²) in [6.07, 6.45) is 5.22. The Balaban J connectivity index is 1.69. The molecule has 0 bridgehead atoms. The minimum atomic E-state index is -3.25. The van der Waals surface area contributed by atoms with Crippen LogP contribution in [0, 0.1) is 0 Å². The summed E-state index contributed by atoms with van der Waals surface area (Å²) in [6.45, 7) is 0.305. The monoisotopic (exact) mass is 383 g/mol. The molecule has 3 aromatic rings. The molecule has 0 spiro atoms. The molecule has 0 saturated heterocycles. The van der Waals surface area contributed by atoms with Crippen LogP contribution in [0.4, 0.5) is 0 Å². The van der Waals surface area contributed by atoms with Crippen molar-refractivity contribution >= 4 is 15.7 Å². The number of carbonyl (C=O) groups is 1. The van der Waals surface area contributed by atoms with E-state index < -0.39 is 15.7 Å². The number of hydrogen-bond donors (Lipinski definition) is 1. The zero-order chi connectivity index (χ0) is 18.9. The minimum absolute atomic E-state index is 0.0383. The molecule has 0 aromatic carbocycles. The molecule has 138 valence electrons. The average molecular weight is 383 g/mol. The van der Waals surface area contributed by atoms with Gasteiger partial charge in [-0.05, 0) is 29.8 Å². The molecular formula is C18H17N5O3S. The highest BCUT2D eigenvalue weighted by Crippen LogP contribution is 2.26. The number of amides is 1. The molecule has 0 saturated carbocycles. The van der Waals surface area contributed by atoms with E-state index in [-0.39, 0.29) is 17.2 Å². The highest BCUT2D eigenvalue weighted by Gasteiger charge is 2.31. The van der Waals surface area contributed by atoms with Crippen molar-refractivity contribution in [3.8, 4) is 5.82 Å². The largest absolute Gasteiger partial charge is 0.347 e. The maximum atomic E-state index is 12.7. The van der Waals surface area contributed by atoms with Crippen molar-refractivity contribution in [3.63, 3.8) is 0 Å². The molecule has 0 unspecified atom stereocenters. The van der Waals surface area contributed by atoms with E-state index in [2.05, 4.69) is 20.4 Å². The quantitative estimate of drug-likeness (QED) is 0.722. The van der Waals surface area contributed by atoms with Crippen molar-refractivity contribution in [2.75, 3.05) is 5.75 Å². The Hall–Kier alpha value is -3.07. The first-order valence-electron chi connectivity index (χ1n) is 8.43. The Morgan fingerprint density at radius 1 is 1.15 bits per heavy atom. The van der Waals surface area contributed by atoms with Gasteiger partial charge in [-0.3, -0.25) is 9.78 Å². The zero-order valence-corrected chi connectivity index (χ0v) is 15.2. The predicted molar refractivity (Wildman–Crippen MR) is 98.0 cm³/mol. The van der Waals surface area contributed by atoms with E-state index in [1.165, 1.54) is 0 Å². The van der Waals surface area contributed by atoms with Crippen LogP contribution in [0.15, 0.2) is 48.9 Å². The van der Waals surface area contributed by atoms with Crippen LogP contribution in [0.25, 0.3) is 5.82 Å². The van der Waals surface area contributed by atoms with Gasteiger partial charge in [0, 0.05) is 37.1 Å². The van der Waals surface area contributed by atoms with Gasteiger partial charge in [0.2, 0.25) is 0 Å². The molecule has 1 amide bonds. The fourth-order valence-electron chi connectivity index (χ4n) is 3.06. The molecule has 9 heteroatoms. The van der Waals surface area contributed by atoms with E-state index in [9.17, 15) is 13.2 Å². The highest BCUT2D eigenvalue weighted by molar-refractivity contribution is 7.90. The van der Waals surface area contributed by atoms with Gasteiger partial charge in [0.1, 0.15) is 0 Å². The Morgan fingerprint density at radius 2 is 1.96 bits per heavy atom. The van der Waals surface area contributed by atoms with Crippen LogP contribution in [-0.2, 0) is 28.6 Å². The fraction of sp³-hybridized carbons (Fsp3) is 0.222. The topological polar surface area (TPSA) is 107 Å². The lowest BCUT2D eigenvalue weighted by Gasteiger charge is -2.14. The summed E-state index contributed by atoms with van der Waals surface area (Å²) >= 11 is 0. The molecule has 3 aromatic heterocycles. The van der Waals surface area contributed by atoms with Crippen LogP contribution >= 0.6 is 0 Å². The van der Waals surface area contributed by atoms with Crippen molar-refractivity contribution < 1.29 is 13.2 Å². The van der Waals surface area contributed by atoms with Crippen molar-refractivity contribution in [1.82, 2.24) is 25.1 Å². The second-order valence-electron chi connectivity index (χ2n) is 6.25. The average Bonchev–Trinajstić information content (AvgIpc) is 3.05. The maximum absolute atomic E-state index is 12.7. The molecule has 4 heterocycles. The van der Waals surface area contributed by atoms with Crippen LogP contribution in [0.3, 0.4) is 0 Å². The maximum Gasteiger partial charge on any atom is 0.272 e. The number of sulfone groups is 1. The number of rotatable bonds is 4. The molecule has 8 nitrogen and oxygen atoms in total. The van der Waals surface area contributed by atoms with Gasteiger partial charge in [0.05, 0.1) is 17.2 Å². The minimum Gasteiger partial charge on any atom is -0.347 e. The molecular weight excluding hydrogens is 366 g/mol. The first-order valence-corrected chi connectivity index (χ1v) is 10.3. The number of pyridine rings is 2. The van der Waals surface area contributed by atoms with Crippen molar-refractivity contribution in [2.45, 2.75) is 18.7 Å². The van der Waals surface area contributed by atoms with Crippen LogP contribution in [-0.4, -0.2) is 39.8 Å². The van der Waals surface area contributed by atoms with Crippen LogP contribution in [0.5, 0.6) is 0 Å². The summed E-state index contributed by atoms with van der Waals surface area (Å²) in [4.78, 5) is 20.9. The standard InChI is InChI=1S/C18H17N5O3S/c24-18(21-11-13-4-8-19-9-5-13)17-14-12-27(25,26)10-6-15(14)23(22-17)16-3-1-2-7-20-16/h1-5,7-9H,6,10-12H2,(H,21,24). The van der Waals surface area contributed by atoms with Crippen LogP contribution < -0.4 is 5.32 Å². The molecule has 0 atom stereocenters. The number of hydrogen-bond acceptors (Lipinski definition) is 6. The van der Waals surface area contributed by atoms with Gasteiger partial charge in [-0.25, -0.2) is 18.1 Å². The van der Waals surface area contributed by atoms with E-state index in [1.54, 1.807) is 47.5 Å². The molecule has 0 radical (unpaired) electrons. The molecule has 1 N–H and O–H groups in total. The Labute approximate surface area is 156 Å². The van der Waals surface area contributed by atoms with Gasteiger partial charge in [0.15, 0.2) is 21.3 Å². The Bertz CT molecular complexity index is 1080. The number of fused-ring (bicyclic) bond motifs is 1. The molecule has 0 fully saturated rings. The predicted octanol–water partition coefficient (Wildman–Crippen LogP) is 1.06. The third-order valence-corrected chi connectivity index (χ3v) is 5.94. The van der Waals surface area contributed by atoms with Gasteiger partial charge < -0.3 is 5.32 Å². The third kappa shape index (κ3) is 3.59. The van der Waals surface area contributed by atoms with E-state index in [0.717, 1.165) is 11.3 Å². The summed E-state index contributed by atoms with van der Waals surface area (Å²) in [6, 6.07) is 8.97. The van der Waals surface area contributed by atoms with E-state index in [1.807, 2.05) is 6.07 Å². The highest BCUT2D eigenvalue weighted by atomic mass is 32.2. The van der Waals surface area contributed by atoms with Gasteiger partial charge in [-0.1, -0.05) is 6.07 Å².